The summed E-state index contributed by atoms with van der Waals surface area (Å²) in [7, 11) is 1.64. The molecular weight excluding hydrogens is 106 g/mol. The Morgan fingerprint density at radius 3 is 2.62 bits per heavy atom. The molecule has 8 heavy (non-hydrogen) atoms. The van der Waals surface area contributed by atoms with Crippen LogP contribution in [0.2, 0.25) is 0 Å². The molecule has 3 heteroatoms. The third kappa shape index (κ3) is 0.992. The highest BCUT2D eigenvalue weighted by Crippen LogP contribution is 2.14. The Labute approximate surface area is 48.7 Å². The number of ether oxygens (including phenoxy) is 1. The first-order chi connectivity index (χ1) is 3.83. The molecule has 1 rings (SSSR count). The van der Waals surface area contributed by atoms with E-state index in [1.165, 1.54) is 0 Å². The zero-order valence-corrected chi connectivity index (χ0v) is 4.98. The molecule has 1 heterocycles. The van der Waals surface area contributed by atoms with Crippen LogP contribution in [0.5, 0.6) is 0 Å². The third-order valence-corrected chi connectivity index (χ3v) is 1.40. The van der Waals surface area contributed by atoms with E-state index in [2.05, 4.69) is 5.32 Å². The standard InChI is InChI=1S/C5H11NO2/c1-8-4-5(3-7)2-6-5/h6-7H,2-4H2,1H3. The summed E-state index contributed by atoms with van der Waals surface area (Å²) in [6.07, 6.45) is 0. The van der Waals surface area contributed by atoms with Crippen LogP contribution in [0.1, 0.15) is 0 Å². The van der Waals surface area contributed by atoms with E-state index in [-0.39, 0.29) is 12.1 Å². The van der Waals surface area contributed by atoms with Gasteiger partial charge in [-0.1, -0.05) is 0 Å². The van der Waals surface area contributed by atoms with E-state index in [9.17, 15) is 0 Å². The highest BCUT2D eigenvalue weighted by atomic mass is 16.5. The van der Waals surface area contributed by atoms with Crippen LogP contribution in [-0.4, -0.2) is 37.5 Å². The number of hydrogen-bond donors (Lipinski definition) is 2. The molecule has 48 valence electrons. The lowest BCUT2D eigenvalue weighted by Gasteiger charge is -2.05. The molecule has 0 aromatic heterocycles. The molecule has 2 N–H and O–H groups in total. The Balaban J connectivity index is 2.20. The molecule has 3 nitrogen and oxygen atoms in total. The minimum atomic E-state index is -0.0747. The minimum Gasteiger partial charge on any atom is -0.394 e. The van der Waals surface area contributed by atoms with E-state index in [0.29, 0.717) is 6.61 Å². The highest BCUT2D eigenvalue weighted by molar-refractivity contribution is 5.03. The smallest absolute Gasteiger partial charge is 0.0777 e. The molecule has 1 atom stereocenters. The molecule has 1 aliphatic rings. The van der Waals surface area contributed by atoms with Crippen LogP contribution in [-0.2, 0) is 4.74 Å². The average molecular weight is 117 g/mol. The summed E-state index contributed by atoms with van der Waals surface area (Å²) in [5.41, 5.74) is -0.0747. The topological polar surface area (TPSA) is 51.4 Å². The molecule has 1 unspecified atom stereocenters. The van der Waals surface area contributed by atoms with Gasteiger partial charge in [0.25, 0.3) is 0 Å². The van der Waals surface area contributed by atoms with E-state index < -0.39 is 0 Å². The van der Waals surface area contributed by atoms with Crippen molar-refractivity contribution in [2.45, 2.75) is 5.54 Å². The SMILES string of the molecule is COCC1(CO)CN1. The summed E-state index contributed by atoms with van der Waals surface area (Å²) < 4.78 is 4.84. The lowest BCUT2D eigenvalue weighted by Crippen LogP contribution is -2.26. The maximum atomic E-state index is 8.65. The number of aliphatic hydroxyl groups is 1. The van der Waals surface area contributed by atoms with Gasteiger partial charge < -0.3 is 15.2 Å². The van der Waals surface area contributed by atoms with Gasteiger partial charge in [0.15, 0.2) is 0 Å². The molecule has 0 radical (unpaired) electrons. The van der Waals surface area contributed by atoms with Crippen molar-refractivity contribution in [2.75, 3.05) is 26.9 Å². The van der Waals surface area contributed by atoms with Gasteiger partial charge in [-0.15, -0.1) is 0 Å². The molecule has 1 saturated heterocycles. The Hall–Kier alpha value is -0.120. The van der Waals surface area contributed by atoms with Gasteiger partial charge in [-0.2, -0.15) is 0 Å². The van der Waals surface area contributed by atoms with Crippen LogP contribution >= 0.6 is 0 Å². The van der Waals surface area contributed by atoms with Gasteiger partial charge in [-0.25, -0.2) is 0 Å². The van der Waals surface area contributed by atoms with E-state index in [1.807, 2.05) is 0 Å². The molecule has 0 aromatic rings. The molecule has 1 aliphatic heterocycles. The van der Waals surface area contributed by atoms with Gasteiger partial charge >= 0.3 is 0 Å². The average Bonchev–Trinajstić information content (AvgIpc) is 2.50. The first-order valence-corrected chi connectivity index (χ1v) is 2.68. The van der Waals surface area contributed by atoms with Crippen LogP contribution in [0, 0.1) is 0 Å². The molecule has 0 bridgehead atoms. The lowest BCUT2D eigenvalue weighted by atomic mass is 10.2. The fourth-order valence-electron chi connectivity index (χ4n) is 0.661. The molecule has 0 aromatic carbocycles. The summed E-state index contributed by atoms with van der Waals surface area (Å²) >= 11 is 0. The van der Waals surface area contributed by atoms with E-state index in [4.69, 9.17) is 9.84 Å². The first kappa shape index (κ1) is 6.01. The molecule has 0 saturated carbocycles. The maximum Gasteiger partial charge on any atom is 0.0777 e. The molecule has 0 amide bonds. The van der Waals surface area contributed by atoms with Crippen LogP contribution in [0.3, 0.4) is 0 Å². The van der Waals surface area contributed by atoms with Gasteiger partial charge in [0.1, 0.15) is 0 Å². The molecule has 1 fully saturated rings. The van der Waals surface area contributed by atoms with Crippen LogP contribution in [0.4, 0.5) is 0 Å². The van der Waals surface area contributed by atoms with E-state index in [1.54, 1.807) is 7.11 Å². The van der Waals surface area contributed by atoms with Crippen molar-refractivity contribution < 1.29 is 9.84 Å². The summed E-state index contributed by atoms with van der Waals surface area (Å²) in [6.45, 7) is 1.68. The summed E-state index contributed by atoms with van der Waals surface area (Å²) in [5, 5.41) is 11.7. The van der Waals surface area contributed by atoms with Crippen molar-refractivity contribution in [3.8, 4) is 0 Å². The van der Waals surface area contributed by atoms with Gasteiger partial charge in [0, 0.05) is 13.7 Å². The Kier molecular flexibility index (Phi) is 1.51. The van der Waals surface area contributed by atoms with Crippen molar-refractivity contribution in [1.29, 1.82) is 0 Å². The predicted molar refractivity (Wildman–Crippen MR) is 29.7 cm³/mol. The minimum absolute atomic E-state index is 0.0747. The van der Waals surface area contributed by atoms with Crippen molar-refractivity contribution in [2.24, 2.45) is 0 Å². The molecular formula is C5H11NO2. The van der Waals surface area contributed by atoms with Crippen LogP contribution in [0.25, 0.3) is 0 Å². The van der Waals surface area contributed by atoms with Gasteiger partial charge in [0.05, 0.1) is 18.8 Å². The van der Waals surface area contributed by atoms with Gasteiger partial charge in [-0.05, 0) is 0 Å². The van der Waals surface area contributed by atoms with Crippen molar-refractivity contribution >= 4 is 0 Å². The van der Waals surface area contributed by atoms with Crippen LogP contribution in [0.15, 0.2) is 0 Å². The Bertz CT molecular complexity index is 80.5. The van der Waals surface area contributed by atoms with Gasteiger partial charge in [-0.3, -0.25) is 0 Å². The summed E-state index contributed by atoms with van der Waals surface area (Å²) in [5.74, 6) is 0. The largest absolute Gasteiger partial charge is 0.394 e. The second kappa shape index (κ2) is 2.01. The molecule has 0 aliphatic carbocycles. The van der Waals surface area contributed by atoms with Crippen molar-refractivity contribution in [3.63, 3.8) is 0 Å². The fraction of sp³-hybridized carbons (Fsp3) is 1.00. The lowest BCUT2D eigenvalue weighted by molar-refractivity contribution is 0.131. The van der Waals surface area contributed by atoms with E-state index in [0.717, 1.165) is 6.54 Å². The molecule has 0 spiro atoms. The zero-order chi connectivity index (χ0) is 6.04. The van der Waals surface area contributed by atoms with E-state index >= 15 is 0 Å². The summed E-state index contributed by atoms with van der Waals surface area (Å²) in [6, 6.07) is 0. The first-order valence-electron chi connectivity index (χ1n) is 2.68. The Morgan fingerprint density at radius 2 is 2.50 bits per heavy atom. The Morgan fingerprint density at radius 1 is 1.88 bits per heavy atom. The second-order valence-corrected chi connectivity index (χ2v) is 2.23. The maximum absolute atomic E-state index is 8.65. The highest BCUT2D eigenvalue weighted by Gasteiger charge is 2.41. The summed E-state index contributed by atoms with van der Waals surface area (Å²) in [4.78, 5) is 0. The van der Waals surface area contributed by atoms with Crippen LogP contribution < -0.4 is 5.32 Å². The number of nitrogens with one attached hydrogen (secondary N) is 1. The fourth-order valence-corrected chi connectivity index (χ4v) is 0.661. The van der Waals surface area contributed by atoms with Crippen molar-refractivity contribution in [3.05, 3.63) is 0 Å². The second-order valence-electron chi connectivity index (χ2n) is 2.23. The number of methoxy groups -OCH3 is 1. The number of rotatable bonds is 3. The number of aliphatic hydroxyl groups excluding tert-OH is 1. The third-order valence-electron chi connectivity index (χ3n) is 1.40. The van der Waals surface area contributed by atoms with Gasteiger partial charge in [0.2, 0.25) is 0 Å². The quantitative estimate of drug-likeness (QED) is 0.464. The zero-order valence-electron chi connectivity index (χ0n) is 4.98. The van der Waals surface area contributed by atoms with Crippen molar-refractivity contribution in [1.82, 2.24) is 5.32 Å². The normalized spacial score (nSPS) is 35.2. The number of hydrogen-bond acceptors (Lipinski definition) is 3. The predicted octanol–water partition coefficient (Wildman–Crippen LogP) is -1.03. The monoisotopic (exact) mass is 117 g/mol.